The summed E-state index contributed by atoms with van der Waals surface area (Å²) in [7, 11) is -0.771. The van der Waals surface area contributed by atoms with Crippen molar-refractivity contribution in [2.24, 2.45) is 4.99 Å². The molecule has 1 saturated heterocycles. The van der Waals surface area contributed by atoms with E-state index >= 15 is 0 Å². The molecular formula is C20H35BN4O6. The number of rotatable bonds is 3. The fourth-order valence-corrected chi connectivity index (χ4v) is 2.75. The van der Waals surface area contributed by atoms with Crippen molar-refractivity contribution in [1.82, 2.24) is 15.8 Å². The fraction of sp³-hybridized carbons (Fsp3) is 0.750. The number of aliphatic imine (C=N–C) groups is 1. The quantitative estimate of drug-likeness (QED) is 0.652. The van der Waals surface area contributed by atoms with Gasteiger partial charge in [0.2, 0.25) is 0 Å². The number of ether oxygens (including phenoxy) is 2. The number of carbonyl (C=O) groups excluding carboxylic acids is 2. The minimum Gasteiger partial charge on any atom is -0.444 e. The minimum absolute atomic E-state index is 0.183. The molecule has 0 aliphatic carbocycles. The molecular weight excluding hydrogens is 403 g/mol. The molecule has 0 saturated carbocycles. The molecule has 1 fully saturated rings. The van der Waals surface area contributed by atoms with Crippen molar-refractivity contribution in [2.45, 2.75) is 97.6 Å². The molecule has 174 valence electrons. The Balaban J connectivity index is 2.28. The number of carbonyl (C=O) groups is 2. The van der Waals surface area contributed by atoms with Gasteiger partial charge in [-0.05, 0) is 69.2 Å². The Kier molecular flexibility index (Phi) is 6.73. The van der Waals surface area contributed by atoms with Gasteiger partial charge in [0.1, 0.15) is 23.0 Å². The first-order valence-corrected chi connectivity index (χ1v) is 10.3. The van der Waals surface area contributed by atoms with Crippen LogP contribution in [0.1, 0.15) is 69.2 Å². The van der Waals surface area contributed by atoms with Crippen molar-refractivity contribution >= 4 is 25.5 Å². The van der Waals surface area contributed by atoms with Crippen molar-refractivity contribution in [3.8, 4) is 0 Å². The lowest BCUT2D eigenvalue weighted by atomic mass is 9.78. The molecule has 2 rings (SSSR count). The predicted molar refractivity (Wildman–Crippen MR) is 117 cm³/mol. The van der Waals surface area contributed by atoms with E-state index in [1.165, 1.54) is 11.2 Å². The first kappa shape index (κ1) is 25.0. The van der Waals surface area contributed by atoms with Crippen molar-refractivity contribution in [3.63, 3.8) is 0 Å². The average molecular weight is 438 g/mol. The summed E-state index contributed by atoms with van der Waals surface area (Å²) in [6.07, 6.45) is 1.56. The lowest BCUT2D eigenvalue weighted by molar-refractivity contribution is 0.00578. The standard InChI is InChI=1S/C20H35BN4O6/c1-17(2,3)28-15(26)23-14-12-22-11-13(21-30-19(7,8)20(9,10)31-21)25(14)24-16(27)29-18(4,5)6/h11-13H,1-10H3,(H,23,26)(H,24,27). The van der Waals surface area contributed by atoms with Gasteiger partial charge < -0.3 is 18.8 Å². The van der Waals surface area contributed by atoms with Gasteiger partial charge in [-0.25, -0.2) is 15.0 Å². The van der Waals surface area contributed by atoms with Crippen molar-refractivity contribution in [1.29, 1.82) is 0 Å². The second-order valence-corrected chi connectivity index (χ2v) is 10.5. The predicted octanol–water partition coefficient (Wildman–Crippen LogP) is 3.14. The zero-order chi connectivity index (χ0) is 23.8. The molecule has 31 heavy (non-hydrogen) atoms. The number of nitrogens with one attached hydrogen (secondary N) is 2. The van der Waals surface area contributed by atoms with Gasteiger partial charge in [0.05, 0.1) is 17.4 Å². The summed E-state index contributed by atoms with van der Waals surface area (Å²) >= 11 is 0. The average Bonchev–Trinajstić information content (AvgIpc) is 2.73. The Morgan fingerprint density at radius 2 is 1.48 bits per heavy atom. The molecule has 0 aromatic rings. The maximum atomic E-state index is 12.5. The summed E-state index contributed by atoms with van der Waals surface area (Å²) in [6, 6.07) is 0. The summed E-state index contributed by atoms with van der Waals surface area (Å²) in [5.41, 5.74) is 0.0600. The summed E-state index contributed by atoms with van der Waals surface area (Å²) in [6.45, 7) is 18.2. The van der Waals surface area contributed by atoms with Gasteiger partial charge in [-0.3, -0.25) is 15.3 Å². The third-order valence-electron chi connectivity index (χ3n) is 4.78. The van der Waals surface area contributed by atoms with E-state index in [0.29, 0.717) is 0 Å². The molecule has 10 nitrogen and oxygen atoms in total. The largest absolute Gasteiger partial charge is 0.490 e. The second kappa shape index (κ2) is 8.35. The van der Waals surface area contributed by atoms with Crippen LogP contribution in [0.25, 0.3) is 0 Å². The van der Waals surface area contributed by atoms with Crippen molar-refractivity contribution in [2.75, 3.05) is 0 Å². The zero-order valence-corrected chi connectivity index (χ0v) is 20.2. The Bertz CT molecular complexity index is 751. The van der Waals surface area contributed by atoms with Crippen molar-refractivity contribution in [3.05, 3.63) is 12.0 Å². The molecule has 2 aliphatic rings. The van der Waals surface area contributed by atoms with Gasteiger partial charge in [-0.1, -0.05) is 0 Å². The number of hydrogen-bond acceptors (Lipinski definition) is 8. The maximum Gasteiger partial charge on any atom is 0.490 e. The zero-order valence-electron chi connectivity index (χ0n) is 20.2. The van der Waals surface area contributed by atoms with Gasteiger partial charge in [-0.15, -0.1) is 0 Å². The molecule has 11 heteroatoms. The van der Waals surface area contributed by atoms with Crippen LogP contribution >= 0.6 is 0 Å². The van der Waals surface area contributed by atoms with Crippen LogP contribution in [0.15, 0.2) is 17.0 Å². The molecule has 0 aromatic carbocycles. The second-order valence-electron chi connectivity index (χ2n) is 10.5. The molecule has 0 spiro atoms. The highest BCUT2D eigenvalue weighted by atomic mass is 16.7. The Labute approximate surface area is 184 Å². The van der Waals surface area contributed by atoms with Gasteiger partial charge >= 0.3 is 19.3 Å². The Morgan fingerprint density at radius 1 is 1.00 bits per heavy atom. The van der Waals surface area contributed by atoms with Crippen LogP contribution < -0.4 is 10.7 Å². The van der Waals surface area contributed by atoms with E-state index in [4.69, 9.17) is 18.8 Å². The SMILES string of the molecule is CC(C)(C)OC(=O)NC1=CN=CC(B2OC(C)(C)C(C)(C)O2)N1NC(=O)OC(C)(C)C. The van der Waals surface area contributed by atoms with Crippen LogP contribution in [0, 0.1) is 0 Å². The highest BCUT2D eigenvalue weighted by Gasteiger charge is 2.55. The number of hydrazine groups is 1. The molecule has 0 aromatic heterocycles. The smallest absolute Gasteiger partial charge is 0.444 e. The molecule has 0 radical (unpaired) electrons. The molecule has 2 N–H and O–H groups in total. The normalized spacial score (nSPS) is 22.6. The molecule has 2 aliphatic heterocycles. The van der Waals surface area contributed by atoms with Gasteiger partial charge in [0.25, 0.3) is 0 Å². The van der Waals surface area contributed by atoms with Crippen molar-refractivity contribution < 1.29 is 28.4 Å². The van der Waals surface area contributed by atoms with Crippen LogP contribution in [0.4, 0.5) is 9.59 Å². The fourth-order valence-electron chi connectivity index (χ4n) is 2.75. The maximum absolute atomic E-state index is 12.5. The molecule has 2 heterocycles. The van der Waals surface area contributed by atoms with Crippen LogP contribution in [-0.2, 0) is 18.8 Å². The lowest BCUT2D eigenvalue weighted by Crippen LogP contribution is -2.60. The highest BCUT2D eigenvalue weighted by Crippen LogP contribution is 2.38. The van der Waals surface area contributed by atoms with E-state index in [1.54, 1.807) is 47.8 Å². The van der Waals surface area contributed by atoms with E-state index in [1.807, 2.05) is 27.7 Å². The first-order chi connectivity index (χ1) is 13.9. The number of hydrogen-bond donors (Lipinski definition) is 2. The third-order valence-corrected chi connectivity index (χ3v) is 4.78. The summed E-state index contributed by atoms with van der Waals surface area (Å²) in [5, 5.41) is 4.02. The Morgan fingerprint density at radius 3 is 1.97 bits per heavy atom. The monoisotopic (exact) mass is 438 g/mol. The van der Waals surface area contributed by atoms with Gasteiger partial charge in [0, 0.05) is 6.21 Å². The molecule has 1 unspecified atom stereocenters. The molecule has 0 bridgehead atoms. The highest BCUT2D eigenvalue weighted by molar-refractivity contribution is 6.52. The van der Waals surface area contributed by atoms with E-state index < -0.39 is 47.7 Å². The summed E-state index contributed by atoms with van der Waals surface area (Å²) < 4.78 is 23.0. The first-order valence-electron chi connectivity index (χ1n) is 10.3. The minimum atomic E-state index is -0.771. The van der Waals surface area contributed by atoms with E-state index in [9.17, 15) is 9.59 Å². The summed E-state index contributed by atoms with van der Waals surface area (Å²) in [5.74, 6) is -0.495. The lowest BCUT2D eigenvalue weighted by Gasteiger charge is -2.36. The summed E-state index contributed by atoms with van der Waals surface area (Å²) in [4.78, 5) is 29.1. The number of alkyl carbamates (subject to hydrolysis) is 1. The van der Waals surface area contributed by atoms with Crippen LogP contribution in [0.5, 0.6) is 0 Å². The van der Waals surface area contributed by atoms with E-state index in [-0.39, 0.29) is 5.82 Å². The number of amides is 2. The van der Waals surface area contributed by atoms with Gasteiger partial charge in [-0.2, -0.15) is 0 Å². The van der Waals surface area contributed by atoms with Gasteiger partial charge in [0.15, 0.2) is 0 Å². The van der Waals surface area contributed by atoms with Crippen LogP contribution in [0.3, 0.4) is 0 Å². The molecule has 1 atom stereocenters. The van der Waals surface area contributed by atoms with Crippen LogP contribution in [-0.4, -0.2) is 58.9 Å². The third kappa shape index (κ3) is 6.61. The topological polar surface area (TPSA) is 111 Å². The number of nitrogens with zero attached hydrogens (tertiary/aromatic N) is 2. The molecule has 2 amide bonds. The van der Waals surface area contributed by atoms with E-state index in [2.05, 4.69) is 15.7 Å². The van der Waals surface area contributed by atoms with E-state index in [0.717, 1.165) is 0 Å². The van der Waals surface area contributed by atoms with Crippen LogP contribution in [0.2, 0.25) is 0 Å². The Hall–Kier alpha value is -2.27.